The molecule has 0 amide bonds. The normalized spacial score (nSPS) is 16.6. The fraction of sp³-hybridized carbons (Fsp3) is 1.00. The second kappa shape index (κ2) is 16.3. The molecule has 0 N–H and O–H groups in total. The predicted molar refractivity (Wildman–Crippen MR) is 119 cm³/mol. The van der Waals surface area contributed by atoms with E-state index in [2.05, 4.69) is 6.92 Å². The van der Waals surface area contributed by atoms with Crippen molar-refractivity contribution in [2.45, 2.75) is 125 Å². The minimum atomic E-state index is -1.97. The quantitative estimate of drug-likeness (QED) is 0.100. The van der Waals surface area contributed by atoms with E-state index < -0.39 is 18.1 Å². The highest BCUT2D eigenvalue weighted by molar-refractivity contribution is 4.73. The highest BCUT2D eigenvalue weighted by Crippen LogP contribution is 2.28. The summed E-state index contributed by atoms with van der Waals surface area (Å²) in [5.74, 6) is 0.251. The topological polar surface area (TPSA) is 73.8 Å². The predicted octanol–water partition coefficient (Wildman–Crippen LogP) is 5.74. The SMILES string of the molecule is CCCCOC(OOCC(C)C)(OOC(C)(C)C(OCCC)OC(C)C)OC(C)CC. The summed E-state index contributed by atoms with van der Waals surface area (Å²) >= 11 is 0. The molecule has 0 heterocycles. The van der Waals surface area contributed by atoms with Gasteiger partial charge in [0.2, 0.25) is 0 Å². The Hall–Kier alpha value is -0.320. The van der Waals surface area contributed by atoms with Gasteiger partial charge in [-0.25, -0.2) is 9.78 Å². The monoisotopic (exact) mass is 452 g/mol. The van der Waals surface area contributed by atoms with E-state index in [9.17, 15) is 0 Å². The first kappa shape index (κ1) is 30.7. The Kier molecular flexibility index (Phi) is 16.1. The van der Waals surface area contributed by atoms with E-state index in [1.807, 2.05) is 62.3 Å². The molecule has 31 heavy (non-hydrogen) atoms. The largest absolute Gasteiger partial charge is 0.466 e. The van der Waals surface area contributed by atoms with Crippen molar-refractivity contribution in [2.24, 2.45) is 5.92 Å². The average molecular weight is 453 g/mol. The fourth-order valence-corrected chi connectivity index (χ4v) is 2.12. The summed E-state index contributed by atoms with van der Waals surface area (Å²) in [4.78, 5) is 22.4. The van der Waals surface area contributed by atoms with Gasteiger partial charge in [0.15, 0.2) is 6.29 Å². The van der Waals surface area contributed by atoms with Crippen molar-refractivity contribution in [3.05, 3.63) is 0 Å². The van der Waals surface area contributed by atoms with Gasteiger partial charge in [-0.3, -0.25) is 9.47 Å². The molecule has 0 aromatic heterocycles. The molecule has 0 aromatic carbocycles. The van der Waals surface area contributed by atoms with Gasteiger partial charge in [-0.05, 0) is 59.8 Å². The fourth-order valence-electron chi connectivity index (χ4n) is 2.12. The average Bonchev–Trinajstić information content (AvgIpc) is 2.69. The first-order valence-electron chi connectivity index (χ1n) is 11.8. The van der Waals surface area contributed by atoms with Gasteiger partial charge in [0.05, 0.1) is 25.4 Å². The van der Waals surface area contributed by atoms with E-state index in [0.717, 1.165) is 25.7 Å². The Morgan fingerprint density at radius 1 is 0.806 bits per heavy atom. The molecule has 0 bridgehead atoms. The molecule has 0 rings (SSSR count). The van der Waals surface area contributed by atoms with E-state index in [1.54, 1.807) is 0 Å². The van der Waals surface area contributed by atoms with Crippen LogP contribution in [0.25, 0.3) is 0 Å². The zero-order chi connectivity index (χ0) is 23.9. The van der Waals surface area contributed by atoms with Gasteiger partial charge >= 0.3 is 6.16 Å². The van der Waals surface area contributed by atoms with Crippen molar-refractivity contribution >= 4 is 0 Å². The molecule has 188 valence electrons. The molecule has 0 spiro atoms. The number of hydrogen-bond donors (Lipinski definition) is 0. The van der Waals surface area contributed by atoms with Crippen LogP contribution in [0, 0.1) is 5.92 Å². The van der Waals surface area contributed by atoms with Crippen molar-refractivity contribution in [1.82, 2.24) is 0 Å². The maximum Gasteiger partial charge on any atom is 0.466 e. The third kappa shape index (κ3) is 13.7. The lowest BCUT2D eigenvalue weighted by Crippen LogP contribution is -2.50. The van der Waals surface area contributed by atoms with E-state index in [4.69, 9.17) is 38.5 Å². The third-order valence-electron chi connectivity index (χ3n) is 4.05. The molecule has 0 aliphatic heterocycles. The van der Waals surface area contributed by atoms with Gasteiger partial charge in [0, 0.05) is 6.61 Å². The van der Waals surface area contributed by atoms with Gasteiger partial charge in [-0.1, -0.05) is 41.0 Å². The van der Waals surface area contributed by atoms with Crippen LogP contribution in [-0.2, 0) is 38.5 Å². The second-order valence-corrected chi connectivity index (χ2v) is 8.96. The van der Waals surface area contributed by atoms with E-state index in [-0.39, 0.29) is 18.1 Å². The van der Waals surface area contributed by atoms with Crippen LogP contribution in [0.1, 0.15) is 94.9 Å². The molecule has 0 saturated heterocycles. The van der Waals surface area contributed by atoms with Crippen LogP contribution in [0.4, 0.5) is 0 Å². The van der Waals surface area contributed by atoms with Gasteiger partial charge in [0.1, 0.15) is 5.60 Å². The van der Waals surface area contributed by atoms with Crippen molar-refractivity contribution in [3.8, 4) is 0 Å². The summed E-state index contributed by atoms with van der Waals surface area (Å²) in [6.45, 7) is 20.7. The molecular formula is C23H48O8. The van der Waals surface area contributed by atoms with Crippen LogP contribution in [0.2, 0.25) is 0 Å². The van der Waals surface area contributed by atoms with Gasteiger partial charge in [-0.2, -0.15) is 0 Å². The molecule has 0 saturated carbocycles. The van der Waals surface area contributed by atoms with Crippen molar-refractivity contribution < 1.29 is 38.5 Å². The Bertz CT molecular complexity index is 430. The Morgan fingerprint density at radius 2 is 1.48 bits per heavy atom. The van der Waals surface area contributed by atoms with Crippen molar-refractivity contribution in [2.75, 3.05) is 19.8 Å². The maximum absolute atomic E-state index is 5.95. The molecule has 0 aliphatic carbocycles. The molecule has 0 aliphatic rings. The lowest BCUT2D eigenvalue weighted by molar-refractivity contribution is -0.664. The third-order valence-corrected chi connectivity index (χ3v) is 4.05. The summed E-state index contributed by atoms with van der Waals surface area (Å²) in [7, 11) is 0. The molecule has 8 heteroatoms. The highest BCUT2D eigenvalue weighted by atomic mass is 17.4. The van der Waals surface area contributed by atoms with E-state index in [0.29, 0.717) is 19.8 Å². The van der Waals surface area contributed by atoms with Crippen LogP contribution in [0.3, 0.4) is 0 Å². The van der Waals surface area contributed by atoms with Crippen LogP contribution in [-0.4, -0.2) is 50.1 Å². The van der Waals surface area contributed by atoms with Crippen LogP contribution in [0.15, 0.2) is 0 Å². The van der Waals surface area contributed by atoms with Crippen molar-refractivity contribution in [1.29, 1.82) is 0 Å². The number of rotatable bonds is 20. The van der Waals surface area contributed by atoms with Gasteiger partial charge in [0.25, 0.3) is 0 Å². The Morgan fingerprint density at radius 3 is 2.00 bits per heavy atom. The molecular weight excluding hydrogens is 404 g/mol. The lowest BCUT2D eigenvalue weighted by Gasteiger charge is -2.37. The first-order valence-corrected chi connectivity index (χ1v) is 11.8. The lowest BCUT2D eigenvalue weighted by atomic mass is 10.1. The summed E-state index contributed by atoms with van der Waals surface area (Å²) in [5.41, 5.74) is -0.987. The summed E-state index contributed by atoms with van der Waals surface area (Å²) in [6, 6.07) is 0. The summed E-state index contributed by atoms with van der Waals surface area (Å²) < 4.78 is 23.6. The molecule has 3 atom stereocenters. The minimum Gasteiger partial charge on any atom is -0.350 e. The number of hydrogen-bond acceptors (Lipinski definition) is 8. The van der Waals surface area contributed by atoms with Gasteiger partial charge in [-0.15, -0.1) is 9.78 Å². The van der Waals surface area contributed by atoms with Crippen LogP contribution in [0.5, 0.6) is 0 Å². The minimum absolute atomic E-state index is 0.0581. The molecule has 3 unspecified atom stereocenters. The zero-order valence-corrected chi connectivity index (χ0v) is 21.5. The molecule has 8 nitrogen and oxygen atoms in total. The van der Waals surface area contributed by atoms with Gasteiger partial charge < -0.3 is 9.47 Å². The number of unbranched alkanes of at least 4 members (excludes halogenated alkanes) is 1. The van der Waals surface area contributed by atoms with E-state index in [1.165, 1.54) is 0 Å². The molecule has 0 aromatic rings. The Balaban J connectivity index is 5.52. The smallest absolute Gasteiger partial charge is 0.350 e. The van der Waals surface area contributed by atoms with Crippen LogP contribution >= 0.6 is 0 Å². The zero-order valence-electron chi connectivity index (χ0n) is 21.5. The second-order valence-electron chi connectivity index (χ2n) is 8.96. The first-order chi connectivity index (χ1) is 14.5. The highest BCUT2D eigenvalue weighted by Gasteiger charge is 2.45. The summed E-state index contributed by atoms with van der Waals surface area (Å²) in [6.07, 6.45) is 0.385. The molecule has 0 fully saturated rings. The standard InChI is InChI=1S/C23H48O8/c1-11-14-16-25-23(28-20(8)13-3,30-26-17-18(4)5)31-29-22(9,10)21(24-15-12-2)27-19(6)7/h18-21H,11-17H2,1-10H3. The number of ether oxygens (including phenoxy) is 4. The van der Waals surface area contributed by atoms with Crippen LogP contribution < -0.4 is 0 Å². The Labute approximate surface area is 190 Å². The molecule has 0 radical (unpaired) electrons. The maximum atomic E-state index is 5.95. The van der Waals surface area contributed by atoms with Crippen molar-refractivity contribution in [3.63, 3.8) is 0 Å². The van der Waals surface area contributed by atoms with E-state index >= 15 is 0 Å². The summed E-state index contributed by atoms with van der Waals surface area (Å²) in [5, 5.41) is 0.